The lowest BCUT2D eigenvalue weighted by molar-refractivity contribution is -0.125. The van der Waals surface area contributed by atoms with Gasteiger partial charge in [0, 0.05) is 6.61 Å². The van der Waals surface area contributed by atoms with Crippen molar-refractivity contribution in [2.75, 3.05) is 13.2 Å². The lowest BCUT2D eigenvalue weighted by Crippen LogP contribution is -2.54. The topological polar surface area (TPSA) is 64.3 Å². The van der Waals surface area contributed by atoms with E-state index < -0.39 is 5.54 Å². The first-order valence-electron chi connectivity index (χ1n) is 7.25. The first-order chi connectivity index (χ1) is 8.58. The van der Waals surface area contributed by atoms with Gasteiger partial charge in [0.05, 0.1) is 11.6 Å². The van der Waals surface area contributed by atoms with Gasteiger partial charge in [0.2, 0.25) is 5.91 Å². The molecule has 0 radical (unpaired) electrons. The molecule has 0 bridgehead atoms. The number of carbonyl (C=O) groups is 1. The summed E-state index contributed by atoms with van der Waals surface area (Å²) in [5.74, 6) is -0.289. The van der Waals surface area contributed by atoms with Crippen molar-refractivity contribution in [3.63, 3.8) is 0 Å². The van der Waals surface area contributed by atoms with Crippen LogP contribution in [0.5, 0.6) is 0 Å². The monoisotopic (exact) mass is 256 g/mol. The molecular weight excluding hydrogens is 228 g/mol. The third-order valence-corrected chi connectivity index (χ3v) is 3.82. The van der Waals surface area contributed by atoms with Crippen LogP contribution in [-0.4, -0.2) is 30.7 Å². The second kappa shape index (κ2) is 7.74. The zero-order valence-electron chi connectivity index (χ0n) is 11.8. The van der Waals surface area contributed by atoms with Gasteiger partial charge in [-0.1, -0.05) is 26.2 Å². The molecule has 0 saturated heterocycles. The van der Waals surface area contributed by atoms with Crippen LogP contribution in [-0.2, 0) is 9.53 Å². The standard InChI is InChI=1S/C14H28N2O2/c1-3-10-16-14(2,13(15)17)9-11-18-12-7-5-4-6-8-12/h12,16H,3-11H2,1-2H3,(H2,15,17). The third kappa shape index (κ3) is 4.94. The van der Waals surface area contributed by atoms with Crippen LogP contribution >= 0.6 is 0 Å². The Labute approximate surface area is 111 Å². The highest BCUT2D eigenvalue weighted by Crippen LogP contribution is 2.21. The van der Waals surface area contributed by atoms with E-state index in [-0.39, 0.29) is 5.91 Å². The molecule has 1 saturated carbocycles. The van der Waals surface area contributed by atoms with E-state index in [4.69, 9.17) is 10.5 Å². The largest absolute Gasteiger partial charge is 0.378 e. The van der Waals surface area contributed by atoms with Crippen molar-refractivity contribution < 1.29 is 9.53 Å². The zero-order valence-corrected chi connectivity index (χ0v) is 11.8. The summed E-state index contributed by atoms with van der Waals surface area (Å²) >= 11 is 0. The Morgan fingerprint density at radius 1 is 1.39 bits per heavy atom. The Bertz CT molecular complexity index is 252. The molecule has 1 aliphatic carbocycles. The van der Waals surface area contributed by atoms with E-state index in [1.165, 1.54) is 19.3 Å². The molecule has 1 aliphatic rings. The van der Waals surface area contributed by atoms with Gasteiger partial charge in [0.1, 0.15) is 0 Å². The SMILES string of the molecule is CCCNC(C)(CCOC1CCCCC1)C(N)=O. The van der Waals surface area contributed by atoms with Gasteiger partial charge in [-0.15, -0.1) is 0 Å². The van der Waals surface area contributed by atoms with Gasteiger partial charge in [-0.25, -0.2) is 0 Å². The fraction of sp³-hybridized carbons (Fsp3) is 0.929. The van der Waals surface area contributed by atoms with Crippen LogP contribution in [0.3, 0.4) is 0 Å². The first kappa shape index (κ1) is 15.4. The second-order valence-corrected chi connectivity index (χ2v) is 5.50. The average molecular weight is 256 g/mol. The Morgan fingerprint density at radius 2 is 2.06 bits per heavy atom. The highest BCUT2D eigenvalue weighted by Gasteiger charge is 2.30. The summed E-state index contributed by atoms with van der Waals surface area (Å²) in [6.45, 7) is 5.37. The minimum atomic E-state index is -0.634. The molecule has 4 heteroatoms. The van der Waals surface area contributed by atoms with Gasteiger partial charge in [0.25, 0.3) is 0 Å². The zero-order chi connectivity index (χ0) is 13.4. The molecule has 0 aromatic carbocycles. The molecule has 1 atom stereocenters. The predicted molar refractivity (Wildman–Crippen MR) is 73.3 cm³/mol. The number of ether oxygens (including phenoxy) is 1. The van der Waals surface area contributed by atoms with Crippen LogP contribution in [0.15, 0.2) is 0 Å². The summed E-state index contributed by atoms with van der Waals surface area (Å²) in [5, 5.41) is 3.23. The fourth-order valence-corrected chi connectivity index (χ4v) is 2.36. The van der Waals surface area contributed by atoms with E-state index in [1.807, 2.05) is 6.92 Å². The van der Waals surface area contributed by atoms with Gasteiger partial charge < -0.3 is 15.8 Å². The van der Waals surface area contributed by atoms with Gasteiger partial charge >= 0.3 is 0 Å². The van der Waals surface area contributed by atoms with Crippen LogP contribution in [0.4, 0.5) is 0 Å². The second-order valence-electron chi connectivity index (χ2n) is 5.50. The molecule has 0 aromatic rings. The van der Waals surface area contributed by atoms with E-state index in [0.717, 1.165) is 25.8 Å². The maximum atomic E-state index is 11.5. The van der Waals surface area contributed by atoms with Crippen LogP contribution in [0.1, 0.15) is 58.8 Å². The Kier molecular flexibility index (Phi) is 6.65. The van der Waals surface area contributed by atoms with E-state index in [9.17, 15) is 4.79 Å². The van der Waals surface area contributed by atoms with E-state index >= 15 is 0 Å². The van der Waals surface area contributed by atoms with Crippen molar-refractivity contribution in [2.24, 2.45) is 5.73 Å². The van der Waals surface area contributed by atoms with E-state index in [2.05, 4.69) is 12.2 Å². The predicted octanol–water partition coefficient (Wildman–Crippen LogP) is 1.97. The van der Waals surface area contributed by atoms with Gasteiger partial charge in [0.15, 0.2) is 0 Å². The number of hydrogen-bond acceptors (Lipinski definition) is 3. The van der Waals surface area contributed by atoms with Crippen LogP contribution in [0.2, 0.25) is 0 Å². The van der Waals surface area contributed by atoms with E-state index in [0.29, 0.717) is 19.1 Å². The van der Waals surface area contributed by atoms with Crippen LogP contribution in [0.25, 0.3) is 0 Å². The smallest absolute Gasteiger partial charge is 0.237 e. The number of amides is 1. The molecule has 106 valence electrons. The number of hydrogen-bond donors (Lipinski definition) is 2. The van der Waals surface area contributed by atoms with E-state index in [1.54, 1.807) is 0 Å². The number of carbonyl (C=O) groups excluding carboxylic acids is 1. The number of primary amides is 1. The molecule has 18 heavy (non-hydrogen) atoms. The number of nitrogens with two attached hydrogens (primary N) is 1. The van der Waals surface area contributed by atoms with Crippen molar-refractivity contribution in [3.8, 4) is 0 Å². The molecule has 0 aromatic heterocycles. The minimum Gasteiger partial charge on any atom is -0.378 e. The van der Waals surface area contributed by atoms with Gasteiger partial charge in [-0.3, -0.25) is 4.79 Å². The highest BCUT2D eigenvalue weighted by molar-refractivity contribution is 5.84. The van der Waals surface area contributed by atoms with Crippen molar-refractivity contribution in [1.29, 1.82) is 0 Å². The van der Waals surface area contributed by atoms with Crippen LogP contribution < -0.4 is 11.1 Å². The number of nitrogens with one attached hydrogen (secondary N) is 1. The highest BCUT2D eigenvalue weighted by atomic mass is 16.5. The maximum Gasteiger partial charge on any atom is 0.237 e. The molecular formula is C14H28N2O2. The molecule has 1 rings (SSSR count). The van der Waals surface area contributed by atoms with Gasteiger partial charge in [-0.2, -0.15) is 0 Å². The van der Waals surface area contributed by atoms with Crippen molar-refractivity contribution in [3.05, 3.63) is 0 Å². The summed E-state index contributed by atoms with van der Waals surface area (Å²) < 4.78 is 5.86. The quantitative estimate of drug-likeness (QED) is 0.698. The molecule has 1 unspecified atom stereocenters. The normalized spacial score (nSPS) is 20.6. The summed E-state index contributed by atoms with van der Waals surface area (Å²) in [4.78, 5) is 11.5. The molecule has 0 heterocycles. The lowest BCUT2D eigenvalue weighted by atomic mass is 9.96. The molecule has 1 amide bonds. The third-order valence-electron chi connectivity index (χ3n) is 3.82. The Morgan fingerprint density at radius 3 is 2.61 bits per heavy atom. The number of rotatable bonds is 8. The van der Waals surface area contributed by atoms with Crippen LogP contribution in [0, 0.1) is 0 Å². The minimum absolute atomic E-state index is 0.289. The average Bonchev–Trinajstić information content (AvgIpc) is 2.37. The summed E-state index contributed by atoms with van der Waals surface area (Å²) in [7, 11) is 0. The molecule has 4 nitrogen and oxygen atoms in total. The Balaban J connectivity index is 2.30. The summed E-state index contributed by atoms with van der Waals surface area (Å²) in [6, 6.07) is 0. The van der Waals surface area contributed by atoms with Crippen molar-refractivity contribution in [2.45, 2.75) is 70.4 Å². The summed E-state index contributed by atoms with van der Waals surface area (Å²) in [6.07, 6.45) is 8.23. The Hall–Kier alpha value is -0.610. The summed E-state index contributed by atoms with van der Waals surface area (Å²) in [5.41, 5.74) is 4.84. The molecule has 1 fully saturated rings. The molecule has 3 N–H and O–H groups in total. The maximum absolute atomic E-state index is 11.5. The fourth-order valence-electron chi connectivity index (χ4n) is 2.36. The van der Waals surface area contributed by atoms with Gasteiger partial charge in [-0.05, 0) is 39.2 Å². The van der Waals surface area contributed by atoms with Crippen molar-refractivity contribution in [1.82, 2.24) is 5.32 Å². The molecule has 0 aliphatic heterocycles. The lowest BCUT2D eigenvalue weighted by Gasteiger charge is -2.29. The first-order valence-corrected chi connectivity index (χ1v) is 7.25. The van der Waals surface area contributed by atoms with Crippen molar-refractivity contribution >= 4 is 5.91 Å². The molecule has 0 spiro atoms.